The average Bonchev–Trinajstić information content (AvgIpc) is 3.38. The number of likely N-dealkylation sites (N-methyl/N-ethyl adjacent to an activating group) is 1. The second kappa shape index (κ2) is 9.49. The first kappa shape index (κ1) is 24.4. The summed E-state index contributed by atoms with van der Waals surface area (Å²) < 4.78 is 10.8. The van der Waals surface area contributed by atoms with Crippen molar-refractivity contribution in [1.29, 1.82) is 0 Å². The molecular formula is C24H33N6O5+. The molecule has 188 valence electrons. The van der Waals surface area contributed by atoms with E-state index < -0.39 is 0 Å². The van der Waals surface area contributed by atoms with Gasteiger partial charge in [0.2, 0.25) is 0 Å². The molecule has 0 unspecified atom stereocenters. The lowest BCUT2D eigenvalue weighted by Gasteiger charge is -2.32. The molecule has 1 saturated heterocycles. The van der Waals surface area contributed by atoms with Gasteiger partial charge in [-0.3, -0.25) is 10.1 Å². The van der Waals surface area contributed by atoms with Crippen molar-refractivity contribution in [3.8, 4) is 5.75 Å². The number of hydrogen-bond donors (Lipinski definition) is 4. The highest BCUT2D eigenvalue weighted by Gasteiger charge is 2.35. The third kappa shape index (κ3) is 5.19. The first-order chi connectivity index (χ1) is 16.5. The van der Waals surface area contributed by atoms with Crippen molar-refractivity contribution in [1.82, 2.24) is 15.0 Å². The Morgan fingerprint density at radius 1 is 1.17 bits per heavy atom. The van der Waals surface area contributed by atoms with E-state index in [-0.39, 0.29) is 46.0 Å². The molecule has 0 radical (unpaired) electrons. The number of carbonyl (C=O) groups excluding carboxylic acids is 1. The average molecular weight is 486 g/mol. The predicted octanol–water partition coefficient (Wildman–Crippen LogP) is 3.14. The number of aromatic nitrogens is 2. The zero-order valence-electron chi connectivity index (χ0n) is 20.7. The number of aryl methyl sites for hydroxylation is 1. The predicted molar refractivity (Wildman–Crippen MR) is 128 cm³/mol. The number of nitrogens with zero attached hydrogens (tertiary/aromatic N) is 4. The Hall–Kier alpha value is -3.73. The maximum atomic E-state index is 13.0. The summed E-state index contributed by atoms with van der Waals surface area (Å²) in [6, 6.07) is 8.31. The molecule has 4 N–H and O–H groups in total. The maximum absolute atomic E-state index is 13.0. The van der Waals surface area contributed by atoms with Crippen LogP contribution in [0.15, 0.2) is 39.4 Å². The molecular weight excluding hydrogens is 452 g/mol. The first-order valence-electron chi connectivity index (χ1n) is 11.6. The lowest BCUT2D eigenvalue weighted by atomic mass is 9.85. The molecule has 3 heterocycles. The van der Waals surface area contributed by atoms with Crippen molar-refractivity contribution in [2.45, 2.75) is 33.7 Å². The van der Waals surface area contributed by atoms with E-state index in [2.05, 4.69) is 20.7 Å². The van der Waals surface area contributed by atoms with Gasteiger partial charge in [-0.25, -0.2) is 0 Å². The molecule has 1 aliphatic heterocycles. The van der Waals surface area contributed by atoms with Crippen LogP contribution in [0.1, 0.15) is 48.7 Å². The minimum absolute atomic E-state index is 0.0574. The second-order valence-corrected chi connectivity index (χ2v) is 9.96. The molecule has 1 atom stereocenters. The van der Waals surface area contributed by atoms with Crippen molar-refractivity contribution < 1.29 is 29.1 Å². The molecule has 4 rings (SSSR count). The second-order valence-electron chi connectivity index (χ2n) is 9.96. The molecule has 0 aliphatic carbocycles. The summed E-state index contributed by atoms with van der Waals surface area (Å²) in [5, 5.41) is 31.3. The van der Waals surface area contributed by atoms with Crippen molar-refractivity contribution >= 4 is 23.2 Å². The monoisotopic (exact) mass is 485 g/mol. The van der Waals surface area contributed by atoms with E-state index in [0.29, 0.717) is 23.8 Å². The van der Waals surface area contributed by atoms with Crippen molar-refractivity contribution in [3.63, 3.8) is 0 Å². The zero-order chi connectivity index (χ0) is 25.3. The van der Waals surface area contributed by atoms with Gasteiger partial charge < -0.3 is 29.8 Å². The number of carbonyl (C=O) groups is 1. The number of piperazine rings is 1. The number of hydrogen-bond acceptors (Lipinski definition) is 9. The normalized spacial score (nSPS) is 15.7. The number of para-hydroxylation sites is 1. The minimum atomic E-state index is -0.305. The Labute approximate surface area is 203 Å². The summed E-state index contributed by atoms with van der Waals surface area (Å²) in [6.45, 7) is 10.7. The molecule has 0 bridgehead atoms. The first-order valence-corrected chi connectivity index (χ1v) is 11.6. The fraction of sp³-hybridized carbons (Fsp3) is 0.458. The van der Waals surface area contributed by atoms with Gasteiger partial charge in [-0.2, -0.15) is 0 Å². The fourth-order valence-electron chi connectivity index (χ4n) is 4.04. The number of phenols is 1. The van der Waals surface area contributed by atoms with Gasteiger partial charge in [-0.1, -0.05) is 31.5 Å². The Kier molecular flexibility index (Phi) is 6.62. The van der Waals surface area contributed by atoms with Crippen LogP contribution in [0.2, 0.25) is 0 Å². The highest BCUT2D eigenvalue weighted by molar-refractivity contribution is 5.99. The molecule has 11 heteroatoms. The molecule has 2 aromatic heterocycles. The van der Waals surface area contributed by atoms with E-state index in [4.69, 9.17) is 9.05 Å². The number of nitrogens with one attached hydrogen (secondary N) is 2. The van der Waals surface area contributed by atoms with Crippen molar-refractivity contribution in [2.24, 2.45) is 5.41 Å². The van der Waals surface area contributed by atoms with Crippen LogP contribution < -0.4 is 15.5 Å². The quantitative estimate of drug-likeness (QED) is 0.307. The summed E-state index contributed by atoms with van der Waals surface area (Å²) in [7, 11) is 2.01. The van der Waals surface area contributed by atoms with Crippen LogP contribution in [0.4, 0.5) is 17.3 Å². The smallest absolute Gasteiger partial charge is 0.370 e. The van der Waals surface area contributed by atoms with Gasteiger partial charge >= 0.3 is 11.6 Å². The van der Waals surface area contributed by atoms with Crippen LogP contribution in [0.25, 0.3) is 0 Å². The molecule has 1 aliphatic rings. The van der Waals surface area contributed by atoms with Crippen LogP contribution in [-0.4, -0.2) is 64.4 Å². The summed E-state index contributed by atoms with van der Waals surface area (Å²) in [5.41, 5.74) is 0.117. The summed E-state index contributed by atoms with van der Waals surface area (Å²) in [5.74, 6) is 1.27. The summed E-state index contributed by atoms with van der Waals surface area (Å²) >= 11 is 0. The standard InChI is InChI=1S/C24H32N6O5/c1-15-9-10-18(34-15)20(24(2,3)4)26-21-22(30(33)35-27-21)25-17-8-6-7-16(19(17)31)23(32)29-13-11-28(5)12-14-29/h6-10,20,33H,11-14H2,1-5H3,(H2,26,27,31,32)/p+1/t20-/m0/s1. The Balaban J connectivity index is 1.60. The number of amides is 1. The Bertz CT molecular complexity index is 1190. The number of phenolic OH excluding ortho intramolecular Hbond substituents is 1. The van der Waals surface area contributed by atoms with Gasteiger partial charge in [0, 0.05) is 26.2 Å². The van der Waals surface area contributed by atoms with Crippen LogP contribution >= 0.6 is 0 Å². The number of furan rings is 1. The highest BCUT2D eigenvalue weighted by atomic mass is 16.8. The van der Waals surface area contributed by atoms with Gasteiger partial charge in [0.1, 0.15) is 27.3 Å². The third-order valence-corrected chi connectivity index (χ3v) is 6.13. The van der Waals surface area contributed by atoms with Gasteiger partial charge in [0.15, 0.2) is 5.75 Å². The van der Waals surface area contributed by atoms with Gasteiger partial charge in [0.25, 0.3) is 5.91 Å². The van der Waals surface area contributed by atoms with E-state index in [1.165, 1.54) is 0 Å². The van der Waals surface area contributed by atoms with E-state index in [0.717, 1.165) is 18.8 Å². The van der Waals surface area contributed by atoms with Crippen LogP contribution in [0.3, 0.4) is 0 Å². The lowest BCUT2D eigenvalue weighted by Crippen LogP contribution is -2.47. The molecule has 1 amide bonds. The van der Waals surface area contributed by atoms with Crippen molar-refractivity contribution in [2.75, 3.05) is 43.9 Å². The number of rotatable bonds is 6. The zero-order valence-corrected chi connectivity index (χ0v) is 20.7. The minimum Gasteiger partial charge on any atom is -0.504 e. The highest BCUT2D eigenvalue weighted by Crippen LogP contribution is 2.38. The topological polar surface area (TPSA) is 131 Å². The SMILES string of the molecule is Cc1ccc([C@H](Nc2no[n+](O)c2Nc2cccc(C(=O)N3CCN(C)CC3)c2O)C(C)(C)C)o1. The number of aromatic hydroxyl groups is 1. The lowest BCUT2D eigenvalue weighted by molar-refractivity contribution is -1.03. The molecule has 11 nitrogen and oxygen atoms in total. The van der Waals surface area contributed by atoms with Crippen LogP contribution in [0, 0.1) is 12.3 Å². The molecule has 0 saturated carbocycles. The summed E-state index contributed by atoms with van der Waals surface area (Å²) in [6.07, 6.45) is 0. The van der Waals surface area contributed by atoms with Crippen LogP contribution in [-0.2, 0) is 0 Å². The van der Waals surface area contributed by atoms with E-state index in [1.807, 2.05) is 46.9 Å². The largest absolute Gasteiger partial charge is 0.504 e. The Morgan fingerprint density at radius 2 is 1.89 bits per heavy atom. The fourth-order valence-corrected chi connectivity index (χ4v) is 4.04. The van der Waals surface area contributed by atoms with E-state index in [9.17, 15) is 15.1 Å². The van der Waals surface area contributed by atoms with Crippen LogP contribution in [0.5, 0.6) is 5.75 Å². The van der Waals surface area contributed by atoms with Gasteiger partial charge in [-0.05, 0) is 43.7 Å². The van der Waals surface area contributed by atoms with Gasteiger partial charge in [-0.15, -0.1) is 0 Å². The number of benzene rings is 1. The molecule has 1 aromatic carbocycles. The molecule has 3 aromatic rings. The van der Waals surface area contributed by atoms with E-state index in [1.54, 1.807) is 23.1 Å². The molecule has 35 heavy (non-hydrogen) atoms. The molecule has 1 fully saturated rings. The number of anilines is 3. The summed E-state index contributed by atoms with van der Waals surface area (Å²) in [4.78, 5) is 17.4. The maximum Gasteiger partial charge on any atom is 0.370 e. The van der Waals surface area contributed by atoms with Crippen molar-refractivity contribution in [3.05, 3.63) is 47.4 Å². The molecule has 0 spiro atoms. The third-order valence-electron chi connectivity index (χ3n) is 6.13. The Morgan fingerprint density at radius 3 is 2.51 bits per heavy atom. The van der Waals surface area contributed by atoms with E-state index >= 15 is 0 Å². The van der Waals surface area contributed by atoms with Gasteiger partial charge in [0.05, 0.1) is 11.6 Å².